The third-order valence-corrected chi connectivity index (χ3v) is 7.56. The Morgan fingerprint density at radius 3 is 2.31 bits per heavy atom. The maximum Gasteiger partial charge on any atom is 0.490 e. The summed E-state index contributed by atoms with van der Waals surface area (Å²) >= 11 is 0. The van der Waals surface area contributed by atoms with E-state index in [-0.39, 0.29) is 23.4 Å². The third kappa shape index (κ3) is 6.47. The predicted molar refractivity (Wildman–Crippen MR) is 136 cm³/mol. The number of carbonyl (C=O) groups excluding carboxylic acids is 2. The molecule has 2 aliphatic rings. The van der Waals surface area contributed by atoms with Crippen LogP contribution >= 0.6 is 0 Å². The molecule has 0 radical (unpaired) electrons. The highest BCUT2D eigenvalue weighted by Gasteiger charge is 2.51. The van der Waals surface area contributed by atoms with Gasteiger partial charge in [-0.3, -0.25) is 9.59 Å². The molecule has 7 nitrogen and oxygen atoms in total. The van der Waals surface area contributed by atoms with Crippen LogP contribution in [0.2, 0.25) is 0 Å². The predicted octanol–water partition coefficient (Wildman–Crippen LogP) is 4.90. The first-order valence-electron chi connectivity index (χ1n) is 12.7. The van der Waals surface area contributed by atoms with Gasteiger partial charge in [-0.25, -0.2) is 9.18 Å². The van der Waals surface area contributed by atoms with Gasteiger partial charge in [-0.2, -0.15) is 13.2 Å². The molecule has 11 heteroatoms. The van der Waals surface area contributed by atoms with E-state index < -0.39 is 17.6 Å². The summed E-state index contributed by atoms with van der Waals surface area (Å²) in [5.74, 6) is -2.66. The average Bonchev–Trinajstić information content (AvgIpc) is 3.47. The molecule has 0 unspecified atom stereocenters. The number of nitrogens with zero attached hydrogens (tertiary/aromatic N) is 1. The molecule has 0 aliphatic carbocycles. The van der Waals surface area contributed by atoms with Gasteiger partial charge in [0.1, 0.15) is 5.82 Å². The smallest absolute Gasteiger partial charge is 0.475 e. The number of hydrogen-bond donors (Lipinski definition) is 3. The number of benzene rings is 2. The average molecular weight is 548 g/mol. The number of nitrogens with one attached hydrogen (secondary N) is 2. The van der Waals surface area contributed by atoms with E-state index in [1.807, 2.05) is 42.5 Å². The van der Waals surface area contributed by atoms with Gasteiger partial charge in [-0.1, -0.05) is 30.3 Å². The molecule has 1 aromatic heterocycles. The Morgan fingerprint density at radius 2 is 1.69 bits per heavy atom. The van der Waals surface area contributed by atoms with Crippen molar-refractivity contribution in [1.29, 1.82) is 0 Å². The van der Waals surface area contributed by atoms with Crippen molar-refractivity contribution in [2.45, 2.75) is 37.8 Å². The number of aromatic amines is 1. The van der Waals surface area contributed by atoms with Gasteiger partial charge in [0.15, 0.2) is 5.78 Å². The molecule has 2 fully saturated rings. The molecule has 3 heterocycles. The number of aliphatic carboxylic acids is 1. The molecule has 1 amide bonds. The summed E-state index contributed by atoms with van der Waals surface area (Å²) < 4.78 is 45.1. The number of carboxylic acids is 1. The van der Waals surface area contributed by atoms with Crippen molar-refractivity contribution >= 4 is 28.6 Å². The second-order valence-corrected chi connectivity index (χ2v) is 9.91. The number of hydrogen-bond acceptors (Lipinski definition) is 4. The number of H-pyrrole nitrogens is 1. The number of carbonyl (C=O) groups is 3. The van der Waals surface area contributed by atoms with Gasteiger partial charge in [0, 0.05) is 29.8 Å². The molecule has 1 atom stereocenters. The third-order valence-electron chi connectivity index (χ3n) is 7.56. The molecule has 39 heavy (non-hydrogen) atoms. The van der Waals surface area contributed by atoms with Crippen LogP contribution in [-0.4, -0.2) is 65.0 Å². The summed E-state index contributed by atoms with van der Waals surface area (Å²) in [7, 11) is 0. The van der Waals surface area contributed by atoms with Crippen LogP contribution in [0.25, 0.3) is 10.9 Å². The Bertz CT molecular complexity index is 1300. The van der Waals surface area contributed by atoms with E-state index in [0.29, 0.717) is 18.7 Å². The summed E-state index contributed by atoms with van der Waals surface area (Å²) in [4.78, 5) is 39.9. The van der Waals surface area contributed by atoms with Crippen molar-refractivity contribution in [2.24, 2.45) is 5.41 Å². The van der Waals surface area contributed by atoms with Gasteiger partial charge in [-0.15, -0.1) is 0 Å². The summed E-state index contributed by atoms with van der Waals surface area (Å²) in [5.41, 5.74) is 2.28. The number of halogens is 4. The zero-order valence-corrected chi connectivity index (χ0v) is 21.1. The molecule has 2 saturated heterocycles. The van der Waals surface area contributed by atoms with E-state index in [9.17, 15) is 27.2 Å². The fraction of sp³-hybridized carbons (Fsp3) is 0.393. The van der Waals surface area contributed by atoms with Crippen LogP contribution in [-0.2, 0) is 9.59 Å². The van der Waals surface area contributed by atoms with Crippen molar-refractivity contribution in [3.05, 3.63) is 71.7 Å². The number of piperidine rings is 1. The van der Waals surface area contributed by atoms with Crippen molar-refractivity contribution in [3.63, 3.8) is 0 Å². The summed E-state index contributed by atoms with van der Waals surface area (Å²) in [5, 5.41) is 11.2. The lowest BCUT2D eigenvalue weighted by atomic mass is 9.68. The lowest BCUT2D eigenvalue weighted by Gasteiger charge is -2.41. The Morgan fingerprint density at radius 1 is 1.05 bits per heavy atom. The number of likely N-dealkylation sites (tertiary alicyclic amines) is 1. The zero-order valence-electron chi connectivity index (χ0n) is 21.1. The first-order valence-corrected chi connectivity index (χ1v) is 12.7. The quantitative estimate of drug-likeness (QED) is 0.301. The van der Waals surface area contributed by atoms with E-state index in [0.717, 1.165) is 55.4 Å². The normalized spacial score (nSPS) is 19.0. The first-order chi connectivity index (χ1) is 18.5. The number of carboxylic acid groups (broad SMARTS) is 1. The minimum absolute atomic E-state index is 0.0846. The minimum atomic E-state index is -5.08. The van der Waals surface area contributed by atoms with Gasteiger partial charge in [0.05, 0.1) is 11.1 Å². The summed E-state index contributed by atoms with van der Waals surface area (Å²) in [6, 6.07) is 16.4. The van der Waals surface area contributed by atoms with Crippen molar-refractivity contribution < 1.29 is 37.1 Å². The van der Waals surface area contributed by atoms with E-state index in [2.05, 4.69) is 15.2 Å². The van der Waals surface area contributed by atoms with Crippen LogP contribution in [0.5, 0.6) is 0 Å². The number of ketones is 1. The van der Waals surface area contributed by atoms with Crippen LogP contribution in [0.3, 0.4) is 0 Å². The number of amides is 1. The van der Waals surface area contributed by atoms with Crippen molar-refractivity contribution in [3.8, 4) is 0 Å². The Labute approximate surface area is 222 Å². The number of rotatable bonds is 6. The topological polar surface area (TPSA) is 103 Å². The molecule has 1 spiro atoms. The van der Waals surface area contributed by atoms with Crippen LogP contribution in [0.1, 0.15) is 47.7 Å². The van der Waals surface area contributed by atoms with Crippen LogP contribution in [0.4, 0.5) is 17.6 Å². The molecule has 0 bridgehead atoms. The van der Waals surface area contributed by atoms with Crippen LogP contribution in [0.15, 0.2) is 54.6 Å². The zero-order chi connectivity index (χ0) is 28.2. The Hall–Kier alpha value is -3.73. The molecule has 5 rings (SSSR count). The van der Waals surface area contributed by atoms with E-state index >= 15 is 0 Å². The standard InChI is InChI=1S/C26H28FN3O2.C2HF3O2/c27-20-9-7-18(8-10-20)21-17-28-25(32)26(21)11-14-30(15-12-26)13-3-6-24(31)23-16-19-4-1-2-5-22(19)29-23;3-2(4,5)1(6)7/h1-2,4-5,7-10,16,21,29H,3,6,11-15,17H2,(H,28,32);(H,6,7)/t21-;/m1./s1. The first kappa shape index (κ1) is 28.3. The Kier molecular flexibility index (Phi) is 8.39. The highest BCUT2D eigenvalue weighted by molar-refractivity contribution is 5.99. The van der Waals surface area contributed by atoms with E-state index in [1.165, 1.54) is 12.1 Å². The second-order valence-electron chi connectivity index (χ2n) is 9.91. The molecular formula is C28H29F4N3O4. The number of Topliss-reactive ketones (excluding diaryl/α,β-unsaturated/α-hetero) is 1. The molecule has 2 aromatic carbocycles. The van der Waals surface area contributed by atoms with Gasteiger partial charge >= 0.3 is 12.1 Å². The van der Waals surface area contributed by atoms with Crippen molar-refractivity contribution in [2.75, 3.05) is 26.2 Å². The minimum Gasteiger partial charge on any atom is -0.475 e. The maximum atomic E-state index is 13.4. The number of fused-ring (bicyclic) bond motifs is 1. The molecule has 0 saturated carbocycles. The molecule has 3 aromatic rings. The number of para-hydroxylation sites is 1. The molecule has 208 valence electrons. The van der Waals surface area contributed by atoms with Gasteiger partial charge in [-0.05, 0) is 68.7 Å². The molecule has 3 N–H and O–H groups in total. The monoisotopic (exact) mass is 547 g/mol. The summed E-state index contributed by atoms with van der Waals surface area (Å²) in [6.45, 7) is 3.14. The van der Waals surface area contributed by atoms with E-state index in [1.54, 1.807) is 0 Å². The van der Waals surface area contributed by atoms with Gasteiger partial charge < -0.3 is 20.3 Å². The lowest BCUT2D eigenvalue weighted by Crippen LogP contribution is -2.46. The number of aromatic nitrogens is 1. The lowest BCUT2D eigenvalue weighted by molar-refractivity contribution is -0.192. The van der Waals surface area contributed by atoms with Gasteiger partial charge in [0.25, 0.3) is 0 Å². The van der Waals surface area contributed by atoms with Gasteiger partial charge in [0.2, 0.25) is 5.91 Å². The molecule has 2 aliphatic heterocycles. The van der Waals surface area contributed by atoms with E-state index in [4.69, 9.17) is 9.90 Å². The molecular weight excluding hydrogens is 518 g/mol. The second kappa shape index (κ2) is 11.6. The Balaban J connectivity index is 0.000000448. The van der Waals surface area contributed by atoms with Crippen LogP contribution in [0, 0.1) is 11.2 Å². The van der Waals surface area contributed by atoms with Crippen molar-refractivity contribution in [1.82, 2.24) is 15.2 Å². The SMILES string of the molecule is O=C(CCCN1CCC2(CC1)C(=O)NC[C@@H]2c1ccc(F)cc1)c1cc2ccccc2[nH]1.O=C(O)C(F)(F)F. The fourth-order valence-corrected chi connectivity index (χ4v) is 5.43. The highest BCUT2D eigenvalue weighted by atomic mass is 19.4. The number of alkyl halides is 3. The fourth-order valence-electron chi connectivity index (χ4n) is 5.43. The maximum absolute atomic E-state index is 13.4. The summed E-state index contributed by atoms with van der Waals surface area (Å²) in [6.07, 6.45) is -2.20. The largest absolute Gasteiger partial charge is 0.490 e. The van der Waals surface area contributed by atoms with Crippen LogP contribution < -0.4 is 5.32 Å². The highest BCUT2D eigenvalue weighted by Crippen LogP contribution is 2.47.